The Bertz CT molecular complexity index is 730. The van der Waals surface area contributed by atoms with Crippen LogP contribution < -0.4 is 5.32 Å². The van der Waals surface area contributed by atoms with Gasteiger partial charge in [-0.05, 0) is 31.2 Å². The number of rotatable bonds is 4. The van der Waals surface area contributed by atoms with Crippen molar-refractivity contribution in [1.29, 1.82) is 0 Å². The number of aromatic nitrogens is 4. The number of nitrogens with zero attached hydrogens (tertiary/aromatic N) is 3. The maximum absolute atomic E-state index is 4.26. The molecule has 0 radical (unpaired) electrons. The van der Waals surface area contributed by atoms with E-state index in [0.29, 0.717) is 0 Å². The summed E-state index contributed by atoms with van der Waals surface area (Å²) in [6.07, 6.45) is 1.58. The molecule has 104 valence electrons. The number of aromatic amines is 1. The maximum Gasteiger partial charge on any atom is 0.143 e. The molecule has 2 N–H and O–H groups in total. The number of hydrogen-bond acceptors (Lipinski definition) is 3. The lowest BCUT2D eigenvalue weighted by molar-refractivity contribution is 0.514. The fourth-order valence-electron chi connectivity index (χ4n) is 2.31. The summed E-state index contributed by atoms with van der Waals surface area (Å²) in [4.78, 5) is 7.67. The Labute approximate surface area is 125 Å². The van der Waals surface area contributed by atoms with Crippen molar-refractivity contribution in [3.8, 4) is 0 Å². The van der Waals surface area contributed by atoms with Crippen LogP contribution in [0.2, 0.25) is 0 Å². The van der Waals surface area contributed by atoms with Crippen molar-refractivity contribution in [2.45, 2.75) is 19.5 Å². The molecule has 5 nitrogen and oxygen atoms in total. The largest absolute Gasteiger partial charge is 0.357 e. The van der Waals surface area contributed by atoms with Crippen LogP contribution in [-0.2, 0) is 13.6 Å². The van der Waals surface area contributed by atoms with Gasteiger partial charge in [-0.3, -0.25) is 4.68 Å². The zero-order valence-electron chi connectivity index (χ0n) is 11.4. The standard InChI is InChI=1S/C14H16BrN5/c1-9(14-17-8-18-20(14)2)16-7-12-6-10-5-11(15)3-4-13(10)19-12/h3-6,8-9,16,19H,7H2,1-2H3. The Morgan fingerprint density at radius 2 is 2.25 bits per heavy atom. The summed E-state index contributed by atoms with van der Waals surface area (Å²) in [5, 5.41) is 8.75. The van der Waals surface area contributed by atoms with Crippen LogP contribution in [0.4, 0.5) is 0 Å². The van der Waals surface area contributed by atoms with Gasteiger partial charge in [-0.15, -0.1) is 0 Å². The van der Waals surface area contributed by atoms with E-state index in [1.54, 1.807) is 11.0 Å². The summed E-state index contributed by atoms with van der Waals surface area (Å²) in [5.74, 6) is 0.934. The van der Waals surface area contributed by atoms with Gasteiger partial charge < -0.3 is 10.3 Å². The maximum atomic E-state index is 4.26. The van der Waals surface area contributed by atoms with Gasteiger partial charge in [0.1, 0.15) is 12.2 Å². The van der Waals surface area contributed by atoms with Gasteiger partial charge in [0.05, 0.1) is 6.04 Å². The topological polar surface area (TPSA) is 58.5 Å². The predicted molar refractivity (Wildman–Crippen MR) is 82.3 cm³/mol. The smallest absolute Gasteiger partial charge is 0.143 e. The fraction of sp³-hybridized carbons (Fsp3) is 0.286. The van der Waals surface area contributed by atoms with Crippen molar-refractivity contribution in [1.82, 2.24) is 25.1 Å². The molecule has 3 aromatic rings. The molecule has 1 unspecified atom stereocenters. The van der Waals surface area contributed by atoms with E-state index < -0.39 is 0 Å². The quantitative estimate of drug-likeness (QED) is 0.771. The number of H-pyrrole nitrogens is 1. The molecule has 1 atom stereocenters. The second-order valence-corrected chi connectivity index (χ2v) is 5.79. The molecule has 0 saturated heterocycles. The summed E-state index contributed by atoms with van der Waals surface area (Å²) >= 11 is 3.49. The number of aryl methyl sites for hydroxylation is 1. The first-order chi connectivity index (χ1) is 9.63. The van der Waals surface area contributed by atoms with Crippen LogP contribution in [0.25, 0.3) is 10.9 Å². The molecule has 6 heteroatoms. The van der Waals surface area contributed by atoms with E-state index in [4.69, 9.17) is 0 Å². The molecule has 0 aliphatic carbocycles. The second kappa shape index (κ2) is 5.38. The highest BCUT2D eigenvalue weighted by Gasteiger charge is 2.11. The van der Waals surface area contributed by atoms with Crippen molar-refractivity contribution in [2.75, 3.05) is 0 Å². The van der Waals surface area contributed by atoms with Gasteiger partial charge in [0.15, 0.2) is 0 Å². The highest BCUT2D eigenvalue weighted by molar-refractivity contribution is 9.10. The first-order valence-corrected chi connectivity index (χ1v) is 7.27. The number of halogens is 1. The molecular weight excluding hydrogens is 318 g/mol. The van der Waals surface area contributed by atoms with Crippen LogP contribution in [0.5, 0.6) is 0 Å². The van der Waals surface area contributed by atoms with Crippen LogP contribution in [0, 0.1) is 0 Å². The van der Waals surface area contributed by atoms with Gasteiger partial charge in [0, 0.05) is 34.7 Å². The minimum atomic E-state index is 0.153. The Hall–Kier alpha value is -1.66. The molecule has 0 saturated carbocycles. The summed E-state index contributed by atoms with van der Waals surface area (Å²) in [6.45, 7) is 2.85. The highest BCUT2D eigenvalue weighted by Crippen LogP contribution is 2.20. The van der Waals surface area contributed by atoms with E-state index in [-0.39, 0.29) is 6.04 Å². The summed E-state index contributed by atoms with van der Waals surface area (Å²) in [5.41, 5.74) is 2.31. The third-order valence-corrected chi connectivity index (χ3v) is 3.86. The van der Waals surface area contributed by atoms with Gasteiger partial charge in [-0.1, -0.05) is 15.9 Å². The molecular formula is C14H16BrN5. The number of nitrogens with one attached hydrogen (secondary N) is 2. The van der Waals surface area contributed by atoms with Gasteiger partial charge in [0.25, 0.3) is 0 Å². The van der Waals surface area contributed by atoms with E-state index in [0.717, 1.165) is 28.1 Å². The Morgan fingerprint density at radius 1 is 1.40 bits per heavy atom. The first kappa shape index (κ1) is 13.3. The molecule has 3 rings (SSSR count). The average molecular weight is 334 g/mol. The molecule has 0 aliphatic rings. The number of hydrogen-bond donors (Lipinski definition) is 2. The van der Waals surface area contributed by atoms with Crippen LogP contribution >= 0.6 is 15.9 Å². The molecule has 0 fully saturated rings. The lowest BCUT2D eigenvalue weighted by atomic mass is 10.2. The number of fused-ring (bicyclic) bond motifs is 1. The van der Waals surface area contributed by atoms with E-state index in [2.05, 4.69) is 61.4 Å². The Morgan fingerprint density at radius 3 is 3.00 bits per heavy atom. The van der Waals surface area contributed by atoms with Crippen LogP contribution in [0.3, 0.4) is 0 Å². The van der Waals surface area contributed by atoms with Crippen LogP contribution in [0.15, 0.2) is 35.1 Å². The minimum absolute atomic E-state index is 0.153. The first-order valence-electron chi connectivity index (χ1n) is 6.48. The van der Waals surface area contributed by atoms with Gasteiger partial charge >= 0.3 is 0 Å². The minimum Gasteiger partial charge on any atom is -0.357 e. The van der Waals surface area contributed by atoms with Crippen LogP contribution in [0.1, 0.15) is 24.5 Å². The van der Waals surface area contributed by atoms with Crippen LogP contribution in [-0.4, -0.2) is 19.7 Å². The van der Waals surface area contributed by atoms with E-state index in [1.807, 2.05) is 13.1 Å². The molecule has 20 heavy (non-hydrogen) atoms. The van der Waals surface area contributed by atoms with Crippen molar-refractivity contribution in [3.05, 3.63) is 46.6 Å². The van der Waals surface area contributed by atoms with Gasteiger partial charge in [-0.2, -0.15) is 5.10 Å². The molecule has 2 aromatic heterocycles. The number of benzene rings is 1. The zero-order chi connectivity index (χ0) is 14.1. The van der Waals surface area contributed by atoms with Gasteiger partial charge in [-0.25, -0.2) is 4.98 Å². The zero-order valence-corrected chi connectivity index (χ0v) is 13.0. The average Bonchev–Trinajstić information content (AvgIpc) is 3.01. The summed E-state index contributed by atoms with van der Waals surface area (Å²) in [7, 11) is 1.90. The molecule has 1 aromatic carbocycles. The van der Waals surface area contributed by atoms with E-state index in [1.165, 1.54) is 5.39 Å². The highest BCUT2D eigenvalue weighted by atomic mass is 79.9. The van der Waals surface area contributed by atoms with Crippen molar-refractivity contribution in [2.24, 2.45) is 7.05 Å². The third-order valence-electron chi connectivity index (χ3n) is 3.37. The third kappa shape index (κ3) is 2.62. The Kier molecular flexibility index (Phi) is 3.58. The van der Waals surface area contributed by atoms with E-state index in [9.17, 15) is 0 Å². The van der Waals surface area contributed by atoms with E-state index >= 15 is 0 Å². The summed E-state index contributed by atoms with van der Waals surface area (Å²) in [6, 6.07) is 8.55. The molecule has 0 bridgehead atoms. The van der Waals surface area contributed by atoms with Crippen molar-refractivity contribution in [3.63, 3.8) is 0 Å². The Balaban J connectivity index is 1.72. The lowest BCUT2D eigenvalue weighted by Crippen LogP contribution is -2.21. The molecule has 0 aliphatic heterocycles. The normalized spacial score (nSPS) is 12.9. The van der Waals surface area contributed by atoms with Crippen molar-refractivity contribution < 1.29 is 0 Å². The fourth-order valence-corrected chi connectivity index (χ4v) is 2.69. The predicted octanol–water partition coefficient (Wildman–Crippen LogP) is 2.91. The SMILES string of the molecule is CC(NCc1cc2cc(Br)ccc2[nH]1)c1ncnn1C. The molecule has 2 heterocycles. The lowest BCUT2D eigenvalue weighted by Gasteiger charge is -2.11. The monoisotopic (exact) mass is 333 g/mol. The second-order valence-electron chi connectivity index (χ2n) is 4.87. The molecule has 0 amide bonds. The van der Waals surface area contributed by atoms with Gasteiger partial charge in [0.2, 0.25) is 0 Å². The summed E-state index contributed by atoms with van der Waals surface area (Å²) < 4.78 is 2.89. The van der Waals surface area contributed by atoms with Crippen molar-refractivity contribution >= 4 is 26.8 Å². The molecule has 0 spiro atoms.